The number of para-hydroxylation sites is 1. The number of rotatable bonds is 5. The van der Waals surface area contributed by atoms with Crippen molar-refractivity contribution in [2.24, 2.45) is 0 Å². The first-order valence-electron chi connectivity index (χ1n) is 9.04. The lowest BCUT2D eigenvalue weighted by Gasteiger charge is -2.08. The number of nitrogens with one attached hydrogen (secondary N) is 2. The van der Waals surface area contributed by atoms with Crippen molar-refractivity contribution in [2.45, 2.75) is 34.2 Å². The van der Waals surface area contributed by atoms with Crippen LogP contribution in [0.25, 0.3) is 5.69 Å². The molecule has 0 spiro atoms. The zero-order chi connectivity index (χ0) is 21.1. The average Bonchev–Trinajstić information content (AvgIpc) is 3.17. The van der Waals surface area contributed by atoms with Crippen molar-refractivity contribution in [1.82, 2.24) is 30.4 Å². The van der Waals surface area contributed by atoms with E-state index in [0.717, 1.165) is 17.1 Å². The van der Waals surface area contributed by atoms with Crippen LogP contribution in [0.15, 0.2) is 36.4 Å². The van der Waals surface area contributed by atoms with E-state index in [2.05, 4.69) is 21.0 Å². The molecule has 0 fully saturated rings. The zero-order valence-electron chi connectivity index (χ0n) is 16.7. The number of aromatic nitrogens is 4. The van der Waals surface area contributed by atoms with Crippen LogP contribution in [0.1, 0.15) is 33.1 Å². The zero-order valence-corrected chi connectivity index (χ0v) is 16.7. The number of Topliss-reactive ketones (excluding diaryl/α,β-unsaturated/α-hetero) is 1. The highest BCUT2D eigenvalue weighted by Gasteiger charge is 2.25. The van der Waals surface area contributed by atoms with Gasteiger partial charge < -0.3 is 0 Å². The lowest BCUT2D eigenvalue weighted by Crippen LogP contribution is -2.46. The van der Waals surface area contributed by atoms with Gasteiger partial charge in [0.1, 0.15) is 6.54 Å². The molecule has 0 aliphatic carbocycles. The Kier molecular flexibility index (Phi) is 5.58. The number of amides is 2. The summed E-state index contributed by atoms with van der Waals surface area (Å²) in [5, 5.41) is 8.54. The molecule has 0 saturated heterocycles. The van der Waals surface area contributed by atoms with E-state index < -0.39 is 17.6 Å². The Morgan fingerprint density at radius 3 is 2.28 bits per heavy atom. The van der Waals surface area contributed by atoms with E-state index in [1.165, 1.54) is 4.68 Å². The van der Waals surface area contributed by atoms with Crippen LogP contribution < -0.4 is 10.9 Å². The van der Waals surface area contributed by atoms with Gasteiger partial charge in [-0.2, -0.15) is 10.2 Å². The van der Waals surface area contributed by atoms with E-state index in [1.54, 1.807) is 18.5 Å². The molecule has 29 heavy (non-hydrogen) atoms. The highest BCUT2D eigenvalue weighted by atomic mass is 16.2. The van der Waals surface area contributed by atoms with E-state index in [4.69, 9.17) is 0 Å². The van der Waals surface area contributed by atoms with Crippen molar-refractivity contribution in [2.75, 3.05) is 0 Å². The standard InChI is InChI=1S/C20H22N6O3/c1-12-10-13(2)25(23-12)11-17(27)21-22-20(29)19(28)18-14(3)24-26(15(18)4)16-8-6-5-7-9-16/h5-10H,11H2,1-4H3,(H,21,27)(H,22,29). The predicted molar refractivity (Wildman–Crippen MR) is 105 cm³/mol. The maximum atomic E-state index is 12.6. The van der Waals surface area contributed by atoms with Gasteiger partial charge in [-0.1, -0.05) is 18.2 Å². The summed E-state index contributed by atoms with van der Waals surface area (Å²) in [5.41, 5.74) is 7.99. The summed E-state index contributed by atoms with van der Waals surface area (Å²) < 4.78 is 3.12. The van der Waals surface area contributed by atoms with E-state index in [1.807, 2.05) is 50.2 Å². The molecule has 2 N–H and O–H groups in total. The summed E-state index contributed by atoms with van der Waals surface area (Å²) in [7, 11) is 0. The predicted octanol–water partition coefficient (Wildman–Crippen LogP) is 1.33. The van der Waals surface area contributed by atoms with Crippen LogP contribution >= 0.6 is 0 Å². The molecule has 2 amide bonds. The summed E-state index contributed by atoms with van der Waals surface area (Å²) in [6.45, 7) is 6.95. The Morgan fingerprint density at radius 1 is 0.966 bits per heavy atom. The van der Waals surface area contributed by atoms with Gasteiger partial charge in [0.2, 0.25) is 0 Å². The van der Waals surface area contributed by atoms with Crippen LogP contribution in [-0.2, 0) is 16.1 Å². The molecule has 9 nitrogen and oxygen atoms in total. The molecule has 0 saturated carbocycles. The molecule has 0 atom stereocenters. The van der Waals surface area contributed by atoms with Crippen LogP contribution in [0.4, 0.5) is 0 Å². The van der Waals surface area contributed by atoms with Crippen molar-refractivity contribution in [3.63, 3.8) is 0 Å². The van der Waals surface area contributed by atoms with Crippen LogP contribution in [0.5, 0.6) is 0 Å². The molecule has 0 unspecified atom stereocenters. The highest BCUT2D eigenvalue weighted by molar-refractivity contribution is 6.43. The van der Waals surface area contributed by atoms with E-state index in [-0.39, 0.29) is 12.1 Å². The lowest BCUT2D eigenvalue weighted by atomic mass is 10.1. The minimum Gasteiger partial charge on any atom is -0.283 e. The number of carbonyl (C=O) groups excluding carboxylic acids is 3. The number of hydrogen-bond donors (Lipinski definition) is 2. The van der Waals surface area contributed by atoms with Gasteiger partial charge in [0.15, 0.2) is 0 Å². The third-order valence-corrected chi connectivity index (χ3v) is 4.44. The van der Waals surface area contributed by atoms with Gasteiger partial charge in [-0.15, -0.1) is 0 Å². The van der Waals surface area contributed by atoms with Gasteiger partial charge >= 0.3 is 5.91 Å². The number of hydrogen-bond acceptors (Lipinski definition) is 5. The summed E-state index contributed by atoms with van der Waals surface area (Å²) >= 11 is 0. The quantitative estimate of drug-likeness (QED) is 0.385. The normalized spacial score (nSPS) is 10.6. The van der Waals surface area contributed by atoms with Gasteiger partial charge in [-0.25, -0.2) is 4.68 Å². The minimum atomic E-state index is -0.939. The first-order valence-corrected chi connectivity index (χ1v) is 9.04. The molecule has 2 heterocycles. The third kappa shape index (κ3) is 4.23. The summed E-state index contributed by atoms with van der Waals surface area (Å²) in [4.78, 5) is 37.0. The second kappa shape index (κ2) is 8.09. The fraction of sp³-hybridized carbons (Fsp3) is 0.250. The molecule has 3 aromatic rings. The molecule has 0 radical (unpaired) electrons. The number of nitrogens with zero attached hydrogens (tertiary/aromatic N) is 4. The van der Waals surface area contributed by atoms with Crippen molar-refractivity contribution in [3.05, 3.63) is 64.7 Å². The Morgan fingerprint density at radius 2 is 1.66 bits per heavy atom. The first-order chi connectivity index (χ1) is 13.8. The average molecular weight is 394 g/mol. The number of benzene rings is 1. The third-order valence-electron chi connectivity index (χ3n) is 4.44. The SMILES string of the molecule is Cc1cc(C)n(CC(=O)NNC(=O)C(=O)c2c(C)nn(-c3ccccc3)c2C)n1. The van der Waals surface area contributed by atoms with Gasteiger partial charge in [0.05, 0.1) is 28.3 Å². The highest BCUT2D eigenvalue weighted by Crippen LogP contribution is 2.18. The summed E-state index contributed by atoms with van der Waals surface area (Å²) in [5.74, 6) is -2.20. The second-order valence-electron chi connectivity index (χ2n) is 6.71. The molecule has 0 aliphatic rings. The number of aryl methyl sites for hydroxylation is 3. The molecule has 2 aromatic heterocycles. The monoisotopic (exact) mass is 394 g/mol. The van der Waals surface area contributed by atoms with Crippen molar-refractivity contribution < 1.29 is 14.4 Å². The topological polar surface area (TPSA) is 111 Å². The minimum absolute atomic E-state index is 0.0713. The lowest BCUT2D eigenvalue weighted by molar-refractivity contribution is -0.127. The molecule has 150 valence electrons. The number of hydrazine groups is 1. The van der Waals surface area contributed by atoms with E-state index in [9.17, 15) is 14.4 Å². The Hall–Kier alpha value is -3.75. The van der Waals surface area contributed by atoms with Gasteiger partial charge in [0.25, 0.3) is 11.7 Å². The van der Waals surface area contributed by atoms with Gasteiger partial charge in [0, 0.05) is 5.69 Å². The molecule has 0 aliphatic heterocycles. The Balaban J connectivity index is 1.67. The molecular weight excluding hydrogens is 372 g/mol. The Labute approximate surface area is 167 Å². The van der Waals surface area contributed by atoms with Gasteiger partial charge in [-0.05, 0) is 45.9 Å². The molecular formula is C20H22N6O3. The largest absolute Gasteiger partial charge is 0.310 e. The molecule has 1 aromatic carbocycles. The van der Waals surface area contributed by atoms with Gasteiger partial charge in [-0.3, -0.25) is 29.9 Å². The second-order valence-corrected chi connectivity index (χ2v) is 6.71. The van der Waals surface area contributed by atoms with Crippen LogP contribution in [0.2, 0.25) is 0 Å². The maximum Gasteiger partial charge on any atom is 0.310 e. The summed E-state index contributed by atoms with van der Waals surface area (Å²) in [6, 6.07) is 11.1. The maximum absolute atomic E-state index is 12.6. The van der Waals surface area contributed by atoms with Crippen molar-refractivity contribution >= 4 is 17.6 Å². The molecule has 3 rings (SSSR count). The number of ketones is 1. The first kappa shape index (κ1) is 20.0. The van der Waals surface area contributed by atoms with Crippen LogP contribution in [0.3, 0.4) is 0 Å². The fourth-order valence-corrected chi connectivity index (χ4v) is 3.10. The van der Waals surface area contributed by atoms with E-state index in [0.29, 0.717) is 11.4 Å². The summed E-state index contributed by atoms with van der Waals surface area (Å²) in [6.07, 6.45) is 0. The van der Waals surface area contributed by atoms with E-state index >= 15 is 0 Å². The fourth-order valence-electron chi connectivity index (χ4n) is 3.10. The smallest absolute Gasteiger partial charge is 0.283 e. The van der Waals surface area contributed by atoms with Crippen molar-refractivity contribution in [3.8, 4) is 5.69 Å². The molecule has 0 bridgehead atoms. The Bertz CT molecular complexity index is 1080. The van der Waals surface area contributed by atoms with Crippen molar-refractivity contribution in [1.29, 1.82) is 0 Å². The number of carbonyl (C=O) groups is 3. The van der Waals surface area contributed by atoms with Crippen LogP contribution in [0, 0.1) is 27.7 Å². The molecule has 9 heteroatoms. The van der Waals surface area contributed by atoms with Crippen LogP contribution in [-0.4, -0.2) is 37.2 Å².